The summed E-state index contributed by atoms with van der Waals surface area (Å²) in [5, 5.41) is 2.48. The number of thioether (sulfide) groups is 1. The van der Waals surface area contributed by atoms with Crippen molar-refractivity contribution in [3.05, 3.63) is 70.8 Å². The van der Waals surface area contributed by atoms with Gasteiger partial charge in [-0.05, 0) is 32.0 Å². The lowest BCUT2D eigenvalue weighted by Gasteiger charge is -2.16. The minimum atomic E-state index is -0.910. The van der Waals surface area contributed by atoms with Crippen LogP contribution in [0.4, 0.5) is 0 Å². The molecular formula is C20H21NO4S. The number of benzene rings is 2. The zero-order chi connectivity index (χ0) is 19.1. The van der Waals surface area contributed by atoms with E-state index in [1.54, 1.807) is 36.4 Å². The van der Waals surface area contributed by atoms with Crippen molar-refractivity contribution in [3.63, 3.8) is 0 Å². The smallest absolute Gasteiger partial charge is 0.329 e. The predicted octanol–water partition coefficient (Wildman–Crippen LogP) is 3.15. The summed E-state index contributed by atoms with van der Waals surface area (Å²) < 4.78 is 4.75. The van der Waals surface area contributed by atoms with Gasteiger partial charge in [-0.2, -0.15) is 0 Å². The third kappa shape index (κ3) is 5.46. The SMILES string of the molecule is COC(=O)[C@H](CSC(=O)c1cccc(C)c1)NC(=O)c1cccc(C)c1. The van der Waals surface area contributed by atoms with Crippen LogP contribution in [-0.4, -0.2) is 35.9 Å². The standard InChI is InChI=1S/C20H21NO4S/c1-13-6-4-8-15(10-13)18(22)21-17(19(23)25-3)12-26-20(24)16-9-5-7-14(2)11-16/h4-11,17H,12H2,1-3H3,(H,21,22)/t17-/m0/s1. The first kappa shape index (κ1) is 19.7. The fourth-order valence-corrected chi connectivity index (χ4v) is 3.18. The van der Waals surface area contributed by atoms with Crippen LogP contribution in [-0.2, 0) is 9.53 Å². The van der Waals surface area contributed by atoms with Crippen LogP contribution in [0.1, 0.15) is 31.8 Å². The van der Waals surface area contributed by atoms with Gasteiger partial charge < -0.3 is 10.1 Å². The molecule has 0 aromatic heterocycles. The highest BCUT2D eigenvalue weighted by molar-refractivity contribution is 8.14. The lowest BCUT2D eigenvalue weighted by atomic mass is 10.1. The molecule has 0 aliphatic heterocycles. The maximum atomic E-state index is 12.4. The van der Waals surface area contributed by atoms with Crippen molar-refractivity contribution >= 4 is 28.8 Å². The molecule has 0 unspecified atom stereocenters. The third-order valence-electron chi connectivity index (χ3n) is 3.71. The fraction of sp³-hybridized carbons (Fsp3) is 0.250. The number of hydrogen-bond acceptors (Lipinski definition) is 5. The van der Waals surface area contributed by atoms with Crippen molar-refractivity contribution in [1.29, 1.82) is 0 Å². The predicted molar refractivity (Wildman–Crippen MR) is 102 cm³/mol. The van der Waals surface area contributed by atoms with Gasteiger partial charge >= 0.3 is 5.97 Å². The Morgan fingerprint density at radius 3 is 2.15 bits per heavy atom. The number of ether oxygens (including phenoxy) is 1. The summed E-state index contributed by atoms with van der Waals surface area (Å²) in [7, 11) is 1.25. The number of methoxy groups -OCH3 is 1. The van der Waals surface area contributed by atoms with Crippen LogP contribution >= 0.6 is 11.8 Å². The number of carbonyl (C=O) groups is 3. The van der Waals surface area contributed by atoms with E-state index in [0.717, 1.165) is 22.9 Å². The zero-order valence-electron chi connectivity index (χ0n) is 14.9. The second-order valence-corrected chi connectivity index (χ2v) is 6.88. The van der Waals surface area contributed by atoms with E-state index in [4.69, 9.17) is 4.74 Å². The van der Waals surface area contributed by atoms with Gasteiger partial charge in [0.2, 0.25) is 5.12 Å². The zero-order valence-corrected chi connectivity index (χ0v) is 15.8. The first-order chi connectivity index (χ1) is 12.4. The Labute approximate surface area is 157 Å². The largest absolute Gasteiger partial charge is 0.467 e. The van der Waals surface area contributed by atoms with Gasteiger partial charge in [0.1, 0.15) is 6.04 Å². The monoisotopic (exact) mass is 371 g/mol. The highest BCUT2D eigenvalue weighted by Crippen LogP contribution is 2.16. The van der Waals surface area contributed by atoms with Crippen LogP contribution in [0.25, 0.3) is 0 Å². The van der Waals surface area contributed by atoms with Crippen molar-refractivity contribution in [2.24, 2.45) is 0 Å². The molecule has 0 radical (unpaired) electrons. The molecular weight excluding hydrogens is 350 g/mol. The Kier molecular flexibility index (Phi) is 6.97. The van der Waals surface area contributed by atoms with Gasteiger partial charge in [-0.1, -0.05) is 53.2 Å². The van der Waals surface area contributed by atoms with Crippen LogP contribution < -0.4 is 5.32 Å². The van der Waals surface area contributed by atoms with E-state index in [1.807, 2.05) is 26.0 Å². The van der Waals surface area contributed by atoms with Crippen LogP contribution in [0.15, 0.2) is 48.5 Å². The van der Waals surface area contributed by atoms with Gasteiger partial charge in [0.05, 0.1) is 7.11 Å². The second kappa shape index (κ2) is 9.20. The molecule has 1 amide bonds. The van der Waals surface area contributed by atoms with Crippen molar-refractivity contribution in [2.75, 3.05) is 12.9 Å². The number of esters is 1. The van der Waals surface area contributed by atoms with Gasteiger partial charge in [-0.25, -0.2) is 4.79 Å². The third-order valence-corrected chi connectivity index (χ3v) is 4.70. The first-order valence-electron chi connectivity index (χ1n) is 8.10. The molecule has 136 valence electrons. The molecule has 6 heteroatoms. The number of amides is 1. The van der Waals surface area contributed by atoms with Gasteiger partial charge in [-0.3, -0.25) is 9.59 Å². The minimum absolute atomic E-state index is 0.0943. The molecule has 2 rings (SSSR count). The van der Waals surface area contributed by atoms with Gasteiger partial charge in [0.25, 0.3) is 5.91 Å². The molecule has 0 bridgehead atoms. The summed E-state index contributed by atoms with van der Waals surface area (Å²) in [6.07, 6.45) is 0. The average Bonchev–Trinajstić information content (AvgIpc) is 2.64. The molecule has 0 aliphatic carbocycles. The van der Waals surface area contributed by atoms with E-state index < -0.39 is 12.0 Å². The van der Waals surface area contributed by atoms with E-state index in [2.05, 4.69) is 5.32 Å². The molecule has 2 aromatic rings. The second-order valence-electron chi connectivity index (χ2n) is 5.89. The normalized spacial score (nSPS) is 11.5. The minimum Gasteiger partial charge on any atom is -0.467 e. The maximum absolute atomic E-state index is 12.4. The molecule has 0 saturated heterocycles. The van der Waals surface area contributed by atoms with Gasteiger partial charge in [-0.15, -0.1) is 0 Å². The van der Waals surface area contributed by atoms with E-state index in [1.165, 1.54) is 7.11 Å². The molecule has 0 aliphatic rings. The summed E-state index contributed by atoms with van der Waals surface area (Å²) in [4.78, 5) is 36.7. The highest BCUT2D eigenvalue weighted by atomic mass is 32.2. The molecule has 0 heterocycles. The first-order valence-corrected chi connectivity index (χ1v) is 9.08. The average molecular weight is 371 g/mol. The lowest BCUT2D eigenvalue weighted by Crippen LogP contribution is -2.43. The number of aryl methyl sites for hydroxylation is 2. The summed E-state index contributed by atoms with van der Waals surface area (Å²) in [6, 6.07) is 13.4. The van der Waals surface area contributed by atoms with E-state index in [9.17, 15) is 14.4 Å². The Morgan fingerprint density at radius 2 is 1.58 bits per heavy atom. The molecule has 1 N–H and O–H groups in total. The van der Waals surface area contributed by atoms with Crippen LogP contribution in [0.2, 0.25) is 0 Å². The van der Waals surface area contributed by atoms with E-state index >= 15 is 0 Å². The Hall–Kier alpha value is -2.60. The topological polar surface area (TPSA) is 72.5 Å². The summed E-state index contributed by atoms with van der Waals surface area (Å²) in [6.45, 7) is 3.78. The lowest BCUT2D eigenvalue weighted by molar-refractivity contribution is -0.142. The van der Waals surface area contributed by atoms with Crippen molar-refractivity contribution in [2.45, 2.75) is 19.9 Å². The summed E-state index contributed by atoms with van der Waals surface area (Å²) >= 11 is 0.976. The maximum Gasteiger partial charge on any atom is 0.329 e. The van der Waals surface area contributed by atoms with Crippen LogP contribution in [0, 0.1) is 13.8 Å². The number of carbonyl (C=O) groups excluding carboxylic acids is 3. The van der Waals surface area contributed by atoms with Gasteiger partial charge in [0, 0.05) is 16.9 Å². The number of rotatable bonds is 6. The molecule has 2 aromatic carbocycles. The van der Waals surface area contributed by atoms with Gasteiger partial charge in [0.15, 0.2) is 0 Å². The molecule has 26 heavy (non-hydrogen) atoms. The van der Waals surface area contributed by atoms with E-state index in [-0.39, 0.29) is 16.8 Å². The Balaban J connectivity index is 2.04. The molecule has 0 fully saturated rings. The van der Waals surface area contributed by atoms with Crippen molar-refractivity contribution in [3.8, 4) is 0 Å². The quantitative estimate of drug-likeness (QED) is 0.790. The Bertz CT molecular complexity index is 819. The molecule has 1 atom stereocenters. The number of hydrogen-bond donors (Lipinski definition) is 1. The number of nitrogens with one attached hydrogen (secondary N) is 1. The molecule has 0 spiro atoms. The molecule has 0 saturated carbocycles. The highest BCUT2D eigenvalue weighted by Gasteiger charge is 2.24. The van der Waals surface area contributed by atoms with Crippen molar-refractivity contribution in [1.82, 2.24) is 5.32 Å². The van der Waals surface area contributed by atoms with Crippen LogP contribution in [0.3, 0.4) is 0 Å². The fourth-order valence-electron chi connectivity index (χ4n) is 2.35. The van der Waals surface area contributed by atoms with Crippen molar-refractivity contribution < 1.29 is 19.1 Å². The molecule has 5 nitrogen and oxygen atoms in total. The summed E-state index contributed by atoms with van der Waals surface area (Å²) in [5.74, 6) is -0.875. The van der Waals surface area contributed by atoms with E-state index in [0.29, 0.717) is 11.1 Å². The van der Waals surface area contributed by atoms with Crippen LogP contribution in [0.5, 0.6) is 0 Å². The summed E-state index contributed by atoms with van der Waals surface area (Å²) in [5.41, 5.74) is 2.93. The Morgan fingerprint density at radius 1 is 1.00 bits per heavy atom.